The maximum Gasteiger partial charge on any atom is 0.313 e. The molecule has 154 valence electrons. The highest BCUT2D eigenvalue weighted by Gasteiger charge is 2.29. The second kappa shape index (κ2) is 9.78. The SMILES string of the molecule is CC1CN(c2cc(Cl)nc(SCC(=O)O)n2)CCN1C(=O)CCC1CCCC1. The molecule has 0 spiro atoms. The van der Waals surface area contributed by atoms with Gasteiger partial charge in [0.15, 0.2) is 5.16 Å². The molecule has 2 heterocycles. The van der Waals surface area contributed by atoms with Gasteiger partial charge in [-0.3, -0.25) is 9.59 Å². The van der Waals surface area contributed by atoms with Gasteiger partial charge >= 0.3 is 5.97 Å². The standard InChI is InChI=1S/C19H27ClN4O3S/c1-13-11-23(16-10-15(20)21-19(22-16)28-12-18(26)27)8-9-24(13)17(25)7-6-14-4-2-3-5-14/h10,13-14H,2-9,11-12H2,1H3,(H,26,27). The number of carboxylic acids is 1. The van der Waals surface area contributed by atoms with E-state index in [0.29, 0.717) is 42.2 Å². The molecular formula is C19H27ClN4O3S. The lowest BCUT2D eigenvalue weighted by atomic mass is 10.0. The number of hydrogen-bond donors (Lipinski definition) is 1. The van der Waals surface area contributed by atoms with Gasteiger partial charge in [-0.1, -0.05) is 49.0 Å². The zero-order chi connectivity index (χ0) is 20.1. The third-order valence-corrected chi connectivity index (χ3v) is 6.52. The van der Waals surface area contributed by atoms with Gasteiger partial charge in [-0.15, -0.1) is 0 Å². The van der Waals surface area contributed by atoms with Crippen molar-refractivity contribution < 1.29 is 14.7 Å². The van der Waals surface area contributed by atoms with Gasteiger partial charge in [0.1, 0.15) is 11.0 Å². The molecule has 28 heavy (non-hydrogen) atoms. The van der Waals surface area contributed by atoms with Gasteiger partial charge in [-0.25, -0.2) is 9.97 Å². The van der Waals surface area contributed by atoms with Crippen LogP contribution >= 0.6 is 23.4 Å². The molecule has 3 rings (SSSR count). The molecule has 0 aromatic carbocycles. The second-order valence-corrected chi connectivity index (χ2v) is 8.91. The molecule has 1 aliphatic carbocycles. The van der Waals surface area contributed by atoms with Gasteiger partial charge in [-0.2, -0.15) is 0 Å². The maximum atomic E-state index is 12.7. The monoisotopic (exact) mass is 426 g/mol. The zero-order valence-electron chi connectivity index (χ0n) is 16.1. The fourth-order valence-electron chi connectivity index (χ4n) is 4.04. The van der Waals surface area contributed by atoms with Gasteiger partial charge in [0.25, 0.3) is 0 Å². The first-order chi connectivity index (χ1) is 13.4. The highest BCUT2D eigenvalue weighted by molar-refractivity contribution is 7.99. The number of carboxylic acid groups (broad SMARTS) is 1. The summed E-state index contributed by atoms with van der Waals surface area (Å²) in [6, 6.07) is 1.78. The van der Waals surface area contributed by atoms with E-state index >= 15 is 0 Å². The van der Waals surface area contributed by atoms with E-state index in [-0.39, 0.29) is 17.7 Å². The zero-order valence-corrected chi connectivity index (χ0v) is 17.7. The number of carbonyl (C=O) groups excluding carboxylic acids is 1. The Hall–Kier alpha value is -1.54. The summed E-state index contributed by atoms with van der Waals surface area (Å²) in [5.41, 5.74) is 0. The molecule has 1 saturated heterocycles. The van der Waals surface area contributed by atoms with Crippen LogP contribution in [0.1, 0.15) is 45.4 Å². The van der Waals surface area contributed by atoms with E-state index in [9.17, 15) is 9.59 Å². The first-order valence-corrected chi connectivity index (χ1v) is 11.2. The Balaban J connectivity index is 1.56. The van der Waals surface area contributed by atoms with Crippen LogP contribution in [-0.4, -0.2) is 63.3 Å². The smallest absolute Gasteiger partial charge is 0.313 e. The number of piperazine rings is 1. The Morgan fingerprint density at radius 1 is 1.29 bits per heavy atom. The number of anilines is 1. The number of amides is 1. The molecule has 2 aliphatic rings. The molecule has 7 nitrogen and oxygen atoms in total. The molecule has 1 aromatic heterocycles. The number of halogens is 1. The van der Waals surface area contributed by atoms with Gasteiger partial charge in [0.2, 0.25) is 5.91 Å². The number of aliphatic carboxylic acids is 1. The number of carbonyl (C=O) groups is 2. The quantitative estimate of drug-likeness (QED) is 0.406. The van der Waals surface area contributed by atoms with E-state index < -0.39 is 5.97 Å². The lowest BCUT2D eigenvalue weighted by molar-refractivity contribution is -0.134. The number of nitrogens with zero attached hydrogens (tertiary/aromatic N) is 4. The predicted molar refractivity (Wildman–Crippen MR) is 110 cm³/mol. The van der Waals surface area contributed by atoms with Crippen LogP contribution in [0.15, 0.2) is 11.2 Å². The molecule has 1 aliphatic heterocycles. The summed E-state index contributed by atoms with van der Waals surface area (Å²) in [5, 5.41) is 9.48. The number of thioether (sulfide) groups is 1. The van der Waals surface area contributed by atoms with Gasteiger partial charge in [-0.05, 0) is 19.3 Å². The third-order valence-electron chi connectivity index (χ3n) is 5.50. The van der Waals surface area contributed by atoms with Gasteiger partial charge < -0.3 is 14.9 Å². The lowest BCUT2D eigenvalue weighted by Gasteiger charge is -2.40. The Kier molecular flexibility index (Phi) is 7.40. The highest BCUT2D eigenvalue weighted by Crippen LogP contribution is 2.29. The molecule has 2 fully saturated rings. The Labute approximate surface area is 174 Å². The Morgan fingerprint density at radius 3 is 2.71 bits per heavy atom. The van der Waals surface area contributed by atoms with E-state index in [0.717, 1.165) is 24.1 Å². The second-order valence-electron chi connectivity index (χ2n) is 7.59. The van der Waals surface area contributed by atoms with E-state index in [4.69, 9.17) is 16.7 Å². The first kappa shape index (κ1) is 21.2. The van der Waals surface area contributed by atoms with Crippen molar-refractivity contribution in [2.45, 2.75) is 56.6 Å². The highest BCUT2D eigenvalue weighted by atomic mass is 35.5. The normalized spacial score (nSPS) is 20.6. The van der Waals surface area contributed by atoms with Crippen LogP contribution in [0.2, 0.25) is 5.15 Å². The van der Waals surface area contributed by atoms with Crippen molar-refractivity contribution >= 4 is 41.1 Å². The fourth-order valence-corrected chi connectivity index (χ4v) is 4.85. The molecule has 1 amide bonds. The molecule has 1 N–H and O–H groups in total. The van der Waals surface area contributed by atoms with Crippen molar-refractivity contribution in [1.82, 2.24) is 14.9 Å². The summed E-state index contributed by atoms with van der Waals surface area (Å²) < 4.78 is 0. The van der Waals surface area contributed by atoms with Gasteiger partial charge in [0, 0.05) is 38.2 Å². The van der Waals surface area contributed by atoms with E-state index in [1.54, 1.807) is 6.07 Å². The molecule has 0 bridgehead atoms. The summed E-state index contributed by atoms with van der Waals surface area (Å²) >= 11 is 7.15. The van der Waals surface area contributed by atoms with Crippen LogP contribution in [0.25, 0.3) is 0 Å². The largest absolute Gasteiger partial charge is 0.481 e. The van der Waals surface area contributed by atoms with E-state index in [1.165, 1.54) is 25.7 Å². The van der Waals surface area contributed by atoms with Crippen molar-refractivity contribution in [2.75, 3.05) is 30.3 Å². The molecule has 1 unspecified atom stereocenters. The molecule has 1 atom stereocenters. The number of aromatic nitrogens is 2. The minimum absolute atomic E-state index is 0.0914. The summed E-state index contributed by atoms with van der Waals surface area (Å²) in [6.45, 7) is 4.06. The topological polar surface area (TPSA) is 86.6 Å². The average Bonchev–Trinajstić information content (AvgIpc) is 3.17. The van der Waals surface area contributed by atoms with Crippen LogP contribution in [0.5, 0.6) is 0 Å². The minimum Gasteiger partial charge on any atom is -0.481 e. The lowest BCUT2D eigenvalue weighted by Crippen LogP contribution is -2.54. The van der Waals surface area contributed by atoms with Crippen molar-refractivity contribution in [3.8, 4) is 0 Å². The van der Waals surface area contributed by atoms with Crippen LogP contribution in [0.4, 0.5) is 5.82 Å². The summed E-state index contributed by atoms with van der Waals surface area (Å²) in [7, 11) is 0. The summed E-state index contributed by atoms with van der Waals surface area (Å²) in [5.74, 6) is 0.619. The fraction of sp³-hybridized carbons (Fsp3) is 0.684. The van der Waals surface area contributed by atoms with Crippen LogP contribution in [0.3, 0.4) is 0 Å². The Morgan fingerprint density at radius 2 is 2.04 bits per heavy atom. The van der Waals surface area contributed by atoms with Crippen molar-refractivity contribution in [3.63, 3.8) is 0 Å². The number of rotatable bonds is 7. The van der Waals surface area contributed by atoms with Crippen LogP contribution in [-0.2, 0) is 9.59 Å². The van der Waals surface area contributed by atoms with Crippen LogP contribution < -0.4 is 4.90 Å². The molecule has 1 aromatic rings. The predicted octanol–water partition coefficient (Wildman–Crippen LogP) is 3.31. The first-order valence-electron chi connectivity index (χ1n) is 9.86. The minimum atomic E-state index is -0.923. The van der Waals surface area contributed by atoms with Crippen molar-refractivity contribution in [1.29, 1.82) is 0 Å². The summed E-state index contributed by atoms with van der Waals surface area (Å²) in [4.78, 5) is 36.0. The molecule has 1 saturated carbocycles. The van der Waals surface area contributed by atoms with Gasteiger partial charge in [0.05, 0.1) is 5.75 Å². The molecular weight excluding hydrogens is 400 g/mol. The maximum absolute atomic E-state index is 12.7. The third kappa shape index (κ3) is 5.73. The average molecular weight is 427 g/mol. The van der Waals surface area contributed by atoms with Crippen molar-refractivity contribution in [2.24, 2.45) is 5.92 Å². The molecule has 9 heteroatoms. The van der Waals surface area contributed by atoms with Crippen LogP contribution in [0, 0.1) is 5.92 Å². The van der Waals surface area contributed by atoms with E-state index in [2.05, 4.69) is 21.8 Å². The molecule has 0 radical (unpaired) electrons. The van der Waals surface area contributed by atoms with E-state index in [1.807, 2.05) is 4.90 Å². The summed E-state index contributed by atoms with van der Waals surface area (Å²) in [6.07, 6.45) is 6.81. The number of hydrogen-bond acceptors (Lipinski definition) is 6. The van der Waals surface area contributed by atoms with Crippen molar-refractivity contribution in [3.05, 3.63) is 11.2 Å². The Bertz CT molecular complexity index is 714.